The van der Waals surface area contributed by atoms with E-state index in [4.69, 9.17) is 23.2 Å². The first-order valence-electron chi connectivity index (χ1n) is 8.88. The molecule has 0 saturated heterocycles. The van der Waals surface area contributed by atoms with Gasteiger partial charge in [-0.05, 0) is 32.0 Å². The van der Waals surface area contributed by atoms with Crippen molar-refractivity contribution in [2.24, 2.45) is 0 Å². The Morgan fingerprint density at radius 3 is 2.68 bits per heavy atom. The maximum atomic E-state index is 12.9. The molecule has 1 aliphatic heterocycles. The number of carbonyl (C=O) groups is 1. The smallest absolute Gasteiger partial charge is 0.255 e. The Labute approximate surface area is 172 Å². The van der Waals surface area contributed by atoms with Crippen molar-refractivity contribution in [2.45, 2.75) is 33.4 Å². The number of nitrogens with zero attached hydrogens (tertiary/aromatic N) is 6. The zero-order valence-electron chi connectivity index (χ0n) is 15.5. The number of carbonyl (C=O) groups excluding carboxylic acids is 1. The van der Waals surface area contributed by atoms with E-state index in [0.717, 1.165) is 22.8 Å². The van der Waals surface area contributed by atoms with Crippen LogP contribution in [0.5, 0.6) is 0 Å². The van der Waals surface area contributed by atoms with Crippen LogP contribution >= 0.6 is 23.2 Å². The maximum absolute atomic E-state index is 12.9. The topological polar surface area (TPSA) is 76.8 Å². The normalized spacial score (nSPS) is 13.5. The average molecular weight is 417 g/mol. The number of aryl methyl sites for hydroxylation is 2. The fourth-order valence-corrected chi connectivity index (χ4v) is 3.79. The number of halogens is 2. The second-order valence-electron chi connectivity index (χ2n) is 6.79. The van der Waals surface area contributed by atoms with Crippen LogP contribution in [0.15, 0.2) is 24.3 Å². The van der Waals surface area contributed by atoms with Crippen LogP contribution in [-0.2, 0) is 19.5 Å². The molecule has 7 nitrogen and oxygen atoms in total. The molecule has 9 heteroatoms. The molecule has 1 amide bonds. The lowest BCUT2D eigenvalue weighted by atomic mass is 10.1. The summed E-state index contributed by atoms with van der Waals surface area (Å²) in [5.74, 6) is 0.541. The minimum Gasteiger partial charge on any atom is -0.332 e. The van der Waals surface area contributed by atoms with Crippen LogP contribution in [0.2, 0.25) is 10.0 Å². The van der Waals surface area contributed by atoms with Gasteiger partial charge in [-0.15, -0.1) is 5.10 Å². The largest absolute Gasteiger partial charge is 0.332 e. The second kappa shape index (κ2) is 7.48. The van der Waals surface area contributed by atoms with E-state index in [-0.39, 0.29) is 10.9 Å². The third-order valence-electron chi connectivity index (χ3n) is 4.67. The first-order chi connectivity index (χ1) is 13.4. The van der Waals surface area contributed by atoms with Crippen LogP contribution in [0.1, 0.15) is 39.0 Å². The molecule has 1 aromatic carbocycles. The molecule has 0 unspecified atom stereocenters. The first-order valence-corrected chi connectivity index (χ1v) is 9.63. The van der Waals surface area contributed by atoms with E-state index in [0.29, 0.717) is 42.5 Å². The predicted molar refractivity (Wildman–Crippen MR) is 106 cm³/mol. The highest BCUT2D eigenvalue weighted by Gasteiger charge is 2.27. The van der Waals surface area contributed by atoms with Gasteiger partial charge in [0.15, 0.2) is 0 Å². The molecule has 1 aliphatic rings. The van der Waals surface area contributed by atoms with Crippen LogP contribution < -0.4 is 0 Å². The number of hydrogen-bond donors (Lipinski definition) is 0. The number of fused-ring (bicyclic) bond motifs is 1. The van der Waals surface area contributed by atoms with E-state index < -0.39 is 0 Å². The zero-order chi connectivity index (χ0) is 19.8. The van der Waals surface area contributed by atoms with Crippen LogP contribution in [0.4, 0.5) is 0 Å². The number of benzene rings is 1. The summed E-state index contributed by atoms with van der Waals surface area (Å²) in [6.07, 6.45) is 0.650. The maximum Gasteiger partial charge on any atom is 0.255 e. The van der Waals surface area contributed by atoms with Gasteiger partial charge in [0, 0.05) is 24.4 Å². The standard InChI is InChI=1S/C19H18Cl2N6O/c1-11-8-12(2)23-17(22-11)10-27-16-6-7-26(9-15(16)24-25-27)19(28)13-4-3-5-14(20)18(13)21/h3-5,8H,6-7,9-10H2,1-2H3. The van der Waals surface area contributed by atoms with E-state index in [2.05, 4.69) is 20.3 Å². The van der Waals surface area contributed by atoms with Crippen LogP contribution in [0.25, 0.3) is 0 Å². The molecule has 0 saturated carbocycles. The Morgan fingerprint density at radius 2 is 1.93 bits per heavy atom. The molecule has 3 heterocycles. The summed E-state index contributed by atoms with van der Waals surface area (Å²) in [6.45, 7) is 5.28. The van der Waals surface area contributed by atoms with Gasteiger partial charge in [0.2, 0.25) is 0 Å². The predicted octanol–water partition coefficient (Wildman–Crippen LogP) is 3.24. The fourth-order valence-electron chi connectivity index (χ4n) is 3.41. The monoisotopic (exact) mass is 416 g/mol. The Kier molecular flexibility index (Phi) is 5.03. The van der Waals surface area contributed by atoms with Gasteiger partial charge in [-0.25, -0.2) is 14.6 Å². The SMILES string of the molecule is Cc1cc(C)nc(Cn2nnc3c2CCN(C(=O)c2cccc(Cl)c2Cl)C3)n1. The van der Waals surface area contributed by atoms with Crippen molar-refractivity contribution in [3.63, 3.8) is 0 Å². The van der Waals surface area contributed by atoms with E-state index in [1.165, 1.54) is 0 Å². The fraction of sp³-hybridized carbons (Fsp3) is 0.316. The van der Waals surface area contributed by atoms with Crippen molar-refractivity contribution in [3.05, 3.63) is 68.5 Å². The molecule has 2 aromatic heterocycles. The first kappa shape index (κ1) is 18.8. The second-order valence-corrected chi connectivity index (χ2v) is 7.57. The lowest BCUT2D eigenvalue weighted by Gasteiger charge is -2.27. The number of amides is 1. The lowest BCUT2D eigenvalue weighted by molar-refractivity contribution is 0.0731. The molecule has 28 heavy (non-hydrogen) atoms. The van der Waals surface area contributed by atoms with Gasteiger partial charge in [-0.2, -0.15) is 0 Å². The molecule has 0 radical (unpaired) electrons. The minimum absolute atomic E-state index is 0.162. The van der Waals surface area contributed by atoms with Crippen molar-refractivity contribution in [2.75, 3.05) is 6.54 Å². The summed E-state index contributed by atoms with van der Waals surface area (Å²) in [6, 6.07) is 7.00. The van der Waals surface area contributed by atoms with Crippen LogP contribution in [0.3, 0.4) is 0 Å². The molecule has 0 N–H and O–H groups in total. The quantitative estimate of drug-likeness (QED) is 0.654. The molecule has 0 spiro atoms. The number of hydrogen-bond acceptors (Lipinski definition) is 5. The molecule has 0 aliphatic carbocycles. The molecule has 144 valence electrons. The highest BCUT2D eigenvalue weighted by Crippen LogP contribution is 2.28. The van der Waals surface area contributed by atoms with Gasteiger partial charge in [0.25, 0.3) is 5.91 Å². The molecule has 3 aromatic rings. The molecule has 4 rings (SSSR count). The van der Waals surface area contributed by atoms with Crippen molar-refractivity contribution >= 4 is 29.1 Å². The highest BCUT2D eigenvalue weighted by molar-refractivity contribution is 6.43. The van der Waals surface area contributed by atoms with Gasteiger partial charge in [0.1, 0.15) is 18.1 Å². The summed E-state index contributed by atoms with van der Waals surface area (Å²) >= 11 is 12.2. The van der Waals surface area contributed by atoms with E-state index >= 15 is 0 Å². The summed E-state index contributed by atoms with van der Waals surface area (Å²) in [7, 11) is 0. The Hall–Kier alpha value is -2.51. The van der Waals surface area contributed by atoms with Gasteiger partial charge in [-0.1, -0.05) is 34.5 Å². The van der Waals surface area contributed by atoms with Crippen molar-refractivity contribution < 1.29 is 4.79 Å². The summed E-state index contributed by atoms with van der Waals surface area (Å²) in [5.41, 5.74) is 4.03. The molecular weight excluding hydrogens is 399 g/mol. The lowest BCUT2D eigenvalue weighted by Crippen LogP contribution is -2.36. The Bertz CT molecular complexity index is 1040. The summed E-state index contributed by atoms with van der Waals surface area (Å²) < 4.78 is 1.82. The Morgan fingerprint density at radius 1 is 1.18 bits per heavy atom. The molecular formula is C19H18Cl2N6O. The van der Waals surface area contributed by atoms with Crippen molar-refractivity contribution in [3.8, 4) is 0 Å². The average Bonchev–Trinajstić information content (AvgIpc) is 3.04. The van der Waals surface area contributed by atoms with Gasteiger partial charge in [-0.3, -0.25) is 4.79 Å². The van der Waals surface area contributed by atoms with Gasteiger partial charge < -0.3 is 4.90 Å². The third kappa shape index (κ3) is 3.59. The highest BCUT2D eigenvalue weighted by atomic mass is 35.5. The molecule has 0 bridgehead atoms. The van der Waals surface area contributed by atoms with Crippen molar-refractivity contribution in [1.82, 2.24) is 29.9 Å². The minimum atomic E-state index is -0.162. The van der Waals surface area contributed by atoms with Gasteiger partial charge in [0.05, 0.1) is 27.8 Å². The number of rotatable bonds is 3. The number of aromatic nitrogens is 5. The molecule has 0 atom stereocenters. The molecule has 0 fully saturated rings. The third-order valence-corrected chi connectivity index (χ3v) is 5.49. The van der Waals surface area contributed by atoms with Crippen molar-refractivity contribution in [1.29, 1.82) is 0 Å². The van der Waals surface area contributed by atoms with E-state index in [1.807, 2.05) is 24.6 Å². The van der Waals surface area contributed by atoms with E-state index in [1.54, 1.807) is 23.1 Å². The summed E-state index contributed by atoms with van der Waals surface area (Å²) in [5, 5.41) is 9.16. The van der Waals surface area contributed by atoms with E-state index in [9.17, 15) is 4.79 Å². The van der Waals surface area contributed by atoms with Crippen LogP contribution in [0, 0.1) is 13.8 Å². The summed E-state index contributed by atoms with van der Waals surface area (Å²) in [4.78, 5) is 23.5. The Balaban J connectivity index is 1.54. The zero-order valence-corrected chi connectivity index (χ0v) is 17.0. The van der Waals surface area contributed by atoms with Gasteiger partial charge >= 0.3 is 0 Å². The van der Waals surface area contributed by atoms with Crippen LogP contribution in [-0.4, -0.2) is 42.3 Å².